The van der Waals surface area contributed by atoms with Gasteiger partial charge in [-0.3, -0.25) is 9.78 Å². The predicted octanol–water partition coefficient (Wildman–Crippen LogP) is 4.45. The zero-order valence-corrected chi connectivity index (χ0v) is 17.7. The predicted molar refractivity (Wildman–Crippen MR) is 121 cm³/mol. The van der Waals surface area contributed by atoms with Crippen molar-refractivity contribution < 1.29 is 4.79 Å². The van der Waals surface area contributed by atoms with Crippen molar-refractivity contribution in [2.24, 2.45) is 0 Å². The molecule has 0 aliphatic carbocycles. The van der Waals surface area contributed by atoms with Crippen LogP contribution in [-0.2, 0) is 4.79 Å². The molecule has 1 fully saturated rings. The maximum Gasteiger partial charge on any atom is 0.226 e. The number of carbonyl (C=O) groups is 1. The number of hydrogen-bond acceptors (Lipinski definition) is 4. The first-order valence-corrected chi connectivity index (χ1v) is 10.8. The van der Waals surface area contributed by atoms with E-state index in [2.05, 4.69) is 32.0 Å². The molecule has 2 N–H and O–H groups in total. The van der Waals surface area contributed by atoms with Crippen molar-refractivity contribution in [2.75, 3.05) is 11.9 Å². The number of thiophene rings is 1. The third-order valence-electron chi connectivity index (χ3n) is 5.03. The highest BCUT2D eigenvalue weighted by Gasteiger charge is 2.40. The molecule has 148 valence electrons. The van der Waals surface area contributed by atoms with Crippen LogP contribution in [-0.4, -0.2) is 27.4 Å². The monoisotopic (exact) mass is 422 g/mol. The molecule has 1 aromatic carbocycles. The molecule has 2 atom stereocenters. The van der Waals surface area contributed by atoms with Gasteiger partial charge in [0.25, 0.3) is 0 Å². The number of hydrogen-bond donors (Lipinski definition) is 2. The van der Waals surface area contributed by atoms with E-state index in [-0.39, 0.29) is 18.0 Å². The van der Waals surface area contributed by atoms with Gasteiger partial charge < -0.3 is 15.5 Å². The lowest BCUT2D eigenvalue weighted by atomic mass is 10.0. The molecule has 1 aliphatic heterocycles. The molecule has 0 saturated carbocycles. The number of thiocarbonyl (C=S) groups is 1. The van der Waals surface area contributed by atoms with Gasteiger partial charge in [-0.15, -0.1) is 11.3 Å². The van der Waals surface area contributed by atoms with Gasteiger partial charge in [-0.2, -0.15) is 0 Å². The summed E-state index contributed by atoms with van der Waals surface area (Å²) in [6.07, 6.45) is 2.15. The van der Waals surface area contributed by atoms with Gasteiger partial charge in [0.15, 0.2) is 5.11 Å². The van der Waals surface area contributed by atoms with Gasteiger partial charge in [-0.1, -0.05) is 30.3 Å². The van der Waals surface area contributed by atoms with E-state index in [1.807, 2.05) is 55.5 Å². The van der Waals surface area contributed by atoms with Crippen LogP contribution < -0.4 is 10.6 Å². The number of rotatable bonds is 6. The lowest BCUT2D eigenvalue weighted by Gasteiger charge is -2.26. The second-order valence-electron chi connectivity index (χ2n) is 6.95. The molecule has 0 spiro atoms. The van der Waals surface area contributed by atoms with Crippen LogP contribution in [0.15, 0.2) is 66.2 Å². The van der Waals surface area contributed by atoms with Crippen LogP contribution in [0.25, 0.3) is 0 Å². The molecule has 2 aromatic heterocycles. The quantitative estimate of drug-likeness (QED) is 0.575. The number of aryl methyl sites for hydroxylation is 1. The van der Waals surface area contributed by atoms with E-state index >= 15 is 0 Å². The lowest BCUT2D eigenvalue weighted by Crippen LogP contribution is -2.32. The molecule has 1 aliphatic rings. The molecular weight excluding hydrogens is 400 g/mol. The Kier molecular flexibility index (Phi) is 5.87. The first kappa shape index (κ1) is 19.5. The number of para-hydroxylation sites is 1. The highest BCUT2D eigenvalue weighted by molar-refractivity contribution is 7.80. The molecule has 3 heterocycles. The first-order chi connectivity index (χ1) is 14.1. The number of benzene rings is 1. The van der Waals surface area contributed by atoms with E-state index in [0.29, 0.717) is 18.1 Å². The van der Waals surface area contributed by atoms with Crippen molar-refractivity contribution in [2.45, 2.75) is 25.4 Å². The summed E-state index contributed by atoms with van der Waals surface area (Å²) in [5.41, 5.74) is 2.84. The van der Waals surface area contributed by atoms with E-state index in [4.69, 9.17) is 12.2 Å². The molecule has 1 saturated heterocycles. The van der Waals surface area contributed by atoms with E-state index in [0.717, 1.165) is 16.9 Å². The molecular formula is C22H22N4OS2. The second kappa shape index (κ2) is 8.71. The molecule has 1 amide bonds. The normalized spacial score (nSPS) is 18.5. The zero-order valence-electron chi connectivity index (χ0n) is 16.0. The van der Waals surface area contributed by atoms with Crippen molar-refractivity contribution in [3.05, 3.63) is 82.3 Å². The van der Waals surface area contributed by atoms with Gasteiger partial charge in [-0.25, -0.2) is 0 Å². The maximum atomic E-state index is 12.6. The average molecular weight is 423 g/mol. The van der Waals surface area contributed by atoms with Gasteiger partial charge in [0.05, 0.1) is 17.8 Å². The molecule has 0 bridgehead atoms. The SMILES string of the molecule is Cc1ccccc1NC(=O)CCN1C(=S)NC(c2ccccn2)C1c1cccs1. The minimum Gasteiger partial charge on any atom is -0.352 e. The molecule has 0 radical (unpaired) electrons. The van der Waals surface area contributed by atoms with Crippen LogP contribution in [0, 0.1) is 6.92 Å². The number of amides is 1. The van der Waals surface area contributed by atoms with Crippen LogP contribution in [0.5, 0.6) is 0 Å². The summed E-state index contributed by atoms with van der Waals surface area (Å²) in [4.78, 5) is 20.4. The molecule has 7 heteroatoms. The molecule has 5 nitrogen and oxygen atoms in total. The minimum absolute atomic E-state index is 0.0173. The smallest absolute Gasteiger partial charge is 0.226 e. The van der Waals surface area contributed by atoms with Crippen molar-refractivity contribution >= 4 is 40.3 Å². The third-order valence-corrected chi connectivity index (χ3v) is 6.33. The number of anilines is 1. The first-order valence-electron chi connectivity index (χ1n) is 9.50. The highest BCUT2D eigenvalue weighted by atomic mass is 32.1. The van der Waals surface area contributed by atoms with Gasteiger partial charge in [-0.05, 0) is 54.4 Å². The minimum atomic E-state index is -0.0400. The summed E-state index contributed by atoms with van der Waals surface area (Å²) in [6.45, 7) is 2.52. The number of aromatic nitrogens is 1. The number of pyridine rings is 1. The fourth-order valence-corrected chi connectivity index (χ4v) is 4.77. The summed E-state index contributed by atoms with van der Waals surface area (Å²) in [6, 6.07) is 17.8. The standard InChI is InChI=1S/C22H22N4OS2/c1-15-7-2-3-8-16(15)24-19(27)11-13-26-21(18-10-6-14-29-18)20(25-22(26)28)17-9-4-5-12-23-17/h2-10,12,14,20-21H,11,13H2,1H3,(H,24,27)(H,25,28). The van der Waals surface area contributed by atoms with Gasteiger partial charge in [0, 0.05) is 29.7 Å². The molecule has 29 heavy (non-hydrogen) atoms. The Morgan fingerprint density at radius 2 is 2.03 bits per heavy atom. The van der Waals surface area contributed by atoms with Crippen molar-refractivity contribution in [3.8, 4) is 0 Å². The summed E-state index contributed by atoms with van der Waals surface area (Å²) >= 11 is 7.32. The van der Waals surface area contributed by atoms with Crippen LogP contribution >= 0.6 is 23.6 Å². The largest absolute Gasteiger partial charge is 0.352 e. The Bertz CT molecular complexity index is 991. The van der Waals surface area contributed by atoms with Crippen molar-refractivity contribution in [1.29, 1.82) is 0 Å². The summed E-state index contributed by atoms with van der Waals surface area (Å²) in [5, 5.41) is 9.13. The fourth-order valence-electron chi connectivity index (χ4n) is 3.56. The van der Waals surface area contributed by atoms with Crippen LogP contribution in [0.3, 0.4) is 0 Å². The van der Waals surface area contributed by atoms with Gasteiger partial charge in [0.2, 0.25) is 5.91 Å². The van der Waals surface area contributed by atoms with E-state index < -0.39 is 0 Å². The topological polar surface area (TPSA) is 57.3 Å². The summed E-state index contributed by atoms with van der Waals surface area (Å²) < 4.78 is 0. The van der Waals surface area contributed by atoms with Crippen molar-refractivity contribution in [3.63, 3.8) is 0 Å². The molecule has 4 rings (SSSR count). The summed E-state index contributed by atoms with van der Waals surface area (Å²) in [7, 11) is 0. The number of carbonyl (C=O) groups excluding carboxylic acids is 1. The van der Waals surface area contributed by atoms with Gasteiger partial charge >= 0.3 is 0 Å². The fraction of sp³-hybridized carbons (Fsp3) is 0.227. The number of nitrogens with zero attached hydrogens (tertiary/aromatic N) is 2. The average Bonchev–Trinajstić information content (AvgIpc) is 3.36. The Labute approximate surface area is 179 Å². The number of nitrogens with one attached hydrogen (secondary N) is 2. The van der Waals surface area contributed by atoms with E-state index in [9.17, 15) is 4.79 Å². The molecule has 3 aromatic rings. The Hall–Kier alpha value is -2.77. The Morgan fingerprint density at radius 1 is 1.21 bits per heavy atom. The molecule has 2 unspecified atom stereocenters. The van der Waals surface area contributed by atoms with Crippen LogP contribution in [0.1, 0.15) is 34.6 Å². The highest BCUT2D eigenvalue weighted by Crippen LogP contribution is 2.40. The third kappa shape index (κ3) is 4.31. The Balaban J connectivity index is 1.50. The van der Waals surface area contributed by atoms with E-state index in [1.54, 1.807) is 17.5 Å². The lowest BCUT2D eigenvalue weighted by molar-refractivity contribution is -0.116. The van der Waals surface area contributed by atoms with Gasteiger partial charge in [0.1, 0.15) is 0 Å². The summed E-state index contributed by atoms with van der Waals surface area (Å²) in [5.74, 6) is -0.0201. The second-order valence-corrected chi connectivity index (χ2v) is 8.31. The maximum absolute atomic E-state index is 12.6. The zero-order chi connectivity index (χ0) is 20.2. The Morgan fingerprint density at radius 3 is 2.76 bits per heavy atom. The van der Waals surface area contributed by atoms with Crippen LogP contribution in [0.4, 0.5) is 5.69 Å². The van der Waals surface area contributed by atoms with E-state index in [1.165, 1.54) is 4.88 Å². The van der Waals surface area contributed by atoms with Crippen LogP contribution in [0.2, 0.25) is 0 Å². The van der Waals surface area contributed by atoms with Crippen molar-refractivity contribution in [1.82, 2.24) is 15.2 Å².